The third-order valence-corrected chi connectivity index (χ3v) is 7.78. The summed E-state index contributed by atoms with van der Waals surface area (Å²) in [4.78, 5) is 47.7. The van der Waals surface area contributed by atoms with Crippen LogP contribution in [0.15, 0.2) is 151 Å². The number of aromatic carboxylic acids is 3. The molecule has 0 radical (unpaired) electrons. The molecule has 6 aromatic rings. The van der Waals surface area contributed by atoms with Crippen LogP contribution in [-0.4, -0.2) is 83.0 Å². The van der Waals surface area contributed by atoms with Crippen LogP contribution in [0.5, 0.6) is 0 Å². The van der Waals surface area contributed by atoms with Crippen molar-refractivity contribution in [2.24, 2.45) is 0 Å². The maximum absolute atomic E-state index is 13.0. The van der Waals surface area contributed by atoms with Crippen LogP contribution in [0.25, 0.3) is 21.9 Å². The highest BCUT2D eigenvalue weighted by Crippen LogP contribution is 2.29. The maximum Gasteiger partial charge on any atom is 0.335 e. The van der Waals surface area contributed by atoms with Crippen LogP contribution in [0.4, 0.5) is 0 Å². The molecular formula is C40H36N2O11. The van der Waals surface area contributed by atoms with Gasteiger partial charge in [-0.3, -0.25) is 14.3 Å². The first-order valence-corrected chi connectivity index (χ1v) is 16.0. The first-order chi connectivity index (χ1) is 25.5. The summed E-state index contributed by atoms with van der Waals surface area (Å²) in [5.74, 6) is -2.64. The normalized spacial score (nSPS) is 17.1. The summed E-state index contributed by atoms with van der Waals surface area (Å²) in [6, 6.07) is 35.9. The number of carbonyl (C=O) groups is 3. The number of benzene rings is 4. The average Bonchev–Trinajstić information content (AvgIpc) is 3.49. The number of ether oxygens (including phenoxy) is 1. The predicted molar refractivity (Wildman–Crippen MR) is 195 cm³/mol. The summed E-state index contributed by atoms with van der Waals surface area (Å²) in [7, 11) is 0. The Morgan fingerprint density at radius 1 is 0.642 bits per heavy atom. The molecule has 0 bridgehead atoms. The van der Waals surface area contributed by atoms with Gasteiger partial charge in [0.1, 0.15) is 18.3 Å². The number of hydrogen-bond donors (Lipinski definition) is 6. The average molecular weight is 721 g/mol. The Labute approximate surface area is 302 Å². The van der Waals surface area contributed by atoms with Crippen LogP contribution in [-0.2, 0) is 4.74 Å². The lowest BCUT2D eigenvalue weighted by molar-refractivity contribution is -0.0541. The smallest absolute Gasteiger partial charge is 0.335 e. The predicted octanol–water partition coefficient (Wildman–Crippen LogP) is 4.83. The minimum atomic E-state index is -1.30. The van der Waals surface area contributed by atoms with Crippen LogP contribution < -0.4 is 5.56 Å². The molecule has 7 rings (SSSR count). The summed E-state index contributed by atoms with van der Waals surface area (Å²) in [5.41, 5.74) is 2.38. The number of rotatable bonds is 6. The van der Waals surface area contributed by atoms with Crippen LogP contribution >= 0.6 is 0 Å². The largest absolute Gasteiger partial charge is 0.478 e. The molecule has 4 atom stereocenters. The first kappa shape index (κ1) is 39.3. The highest BCUT2D eigenvalue weighted by molar-refractivity contribution is 5.88. The van der Waals surface area contributed by atoms with Gasteiger partial charge < -0.3 is 35.4 Å². The zero-order chi connectivity index (χ0) is 38.3. The second-order valence-corrected chi connectivity index (χ2v) is 11.3. The molecule has 2 aromatic heterocycles. The van der Waals surface area contributed by atoms with Crippen molar-refractivity contribution in [2.45, 2.75) is 24.5 Å². The van der Waals surface area contributed by atoms with Gasteiger partial charge in [0.25, 0.3) is 5.56 Å². The zero-order valence-electron chi connectivity index (χ0n) is 28.0. The lowest BCUT2D eigenvalue weighted by Crippen LogP contribution is -2.35. The van der Waals surface area contributed by atoms with Crippen molar-refractivity contribution in [1.82, 2.24) is 9.55 Å². The van der Waals surface area contributed by atoms with Gasteiger partial charge in [0.05, 0.1) is 23.3 Å². The van der Waals surface area contributed by atoms with E-state index < -0.39 is 49.1 Å². The molecule has 1 aliphatic rings. The van der Waals surface area contributed by atoms with Crippen molar-refractivity contribution in [3.63, 3.8) is 0 Å². The SMILES string of the molecule is O=C(O)c1ccccc1.O=C(O)c1ccccc1.O=C(O)c1ccccc1.O=c1c2cc(-c3cccnc3)ccc2ccn1[C@@H]1O[C@H](CO)[C@@H](O)[C@H]1O. The van der Waals surface area contributed by atoms with Crippen molar-refractivity contribution >= 4 is 28.7 Å². The Bertz CT molecular complexity index is 2030. The maximum atomic E-state index is 13.0. The third kappa shape index (κ3) is 10.7. The van der Waals surface area contributed by atoms with E-state index in [4.69, 9.17) is 20.1 Å². The fraction of sp³-hybridized carbons (Fsp3) is 0.125. The molecule has 4 aromatic carbocycles. The molecule has 0 unspecified atom stereocenters. The van der Waals surface area contributed by atoms with Crippen molar-refractivity contribution in [1.29, 1.82) is 0 Å². The highest BCUT2D eigenvalue weighted by Gasteiger charge is 2.43. The number of carboxylic acid groups (broad SMARTS) is 3. The number of aliphatic hydroxyl groups excluding tert-OH is 3. The number of aromatic nitrogens is 2. The van der Waals surface area contributed by atoms with Crippen LogP contribution in [0.1, 0.15) is 37.3 Å². The van der Waals surface area contributed by atoms with Gasteiger partial charge in [0, 0.05) is 29.5 Å². The quantitative estimate of drug-likeness (QED) is 0.136. The standard InChI is InChI=1S/C19H18N2O5.3C7H6O2/c22-10-15-16(23)17(24)19(26-15)21-7-5-11-3-4-12(8-14(11)18(21)25)13-2-1-6-20-9-13;3*8-7(9)6-4-2-1-3-5-6/h1-9,15-17,19,22-24H,10H2;3*1-5H,(H,8,9)/t15-,16-,17-,19-;;;/m1.../s1. The van der Waals surface area contributed by atoms with E-state index in [1.54, 1.807) is 116 Å². The van der Waals surface area contributed by atoms with E-state index in [0.29, 0.717) is 22.1 Å². The Morgan fingerprint density at radius 2 is 1.15 bits per heavy atom. The fourth-order valence-corrected chi connectivity index (χ4v) is 5.02. The molecule has 1 fully saturated rings. The molecule has 13 heteroatoms. The molecule has 0 amide bonds. The van der Waals surface area contributed by atoms with Gasteiger partial charge in [0.2, 0.25) is 0 Å². The van der Waals surface area contributed by atoms with Crippen molar-refractivity contribution in [2.75, 3.05) is 6.61 Å². The summed E-state index contributed by atoms with van der Waals surface area (Å²) >= 11 is 0. The number of aliphatic hydroxyl groups is 3. The van der Waals surface area contributed by atoms with Gasteiger partial charge in [-0.2, -0.15) is 0 Å². The van der Waals surface area contributed by atoms with E-state index in [1.807, 2.05) is 24.3 Å². The summed E-state index contributed by atoms with van der Waals surface area (Å²) in [6.45, 7) is -0.442. The third-order valence-electron chi connectivity index (χ3n) is 7.78. The monoisotopic (exact) mass is 720 g/mol. The van der Waals surface area contributed by atoms with Crippen LogP contribution in [0.2, 0.25) is 0 Å². The molecule has 6 N–H and O–H groups in total. The van der Waals surface area contributed by atoms with E-state index in [2.05, 4.69) is 4.98 Å². The van der Waals surface area contributed by atoms with Crippen molar-refractivity contribution in [3.8, 4) is 11.1 Å². The first-order valence-electron chi connectivity index (χ1n) is 16.0. The number of carboxylic acids is 3. The summed E-state index contributed by atoms with van der Waals surface area (Å²) in [5, 5.41) is 55.7. The summed E-state index contributed by atoms with van der Waals surface area (Å²) < 4.78 is 6.72. The number of hydrogen-bond acceptors (Lipinski definition) is 9. The molecule has 0 saturated carbocycles. The van der Waals surface area contributed by atoms with E-state index >= 15 is 0 Å². The molecule has 0 aliphatic carbocycles. The number of fused-ring (bicyclic) bond motifs is 1. The van der Waals surface area contributed by atoms with E-state index in [-0.39, 0.29) is 5.56 Å². The fourth-order valence-electron chi connectivity index (χ4n) is 5.02. The highest BCUT2D eigenvalue weighted by atomic mass is 16.6. The molecule has 272 valence electrons. The van der Waals surface area contributed by atoms with Gasteiger partial charge in [-0.25, -0.2) is 14.4 Å². The molecule has 13 nitrogen and oxygen atoms in total. The van der Waals surface area contributed by atoms with Gasteiger partial charge in [0.15, 0.2) is 6.23 Å². The topological polar surface area (TPSA) is 217 Å². The van der Waals surface area contributed by atoms with Gasteiger partial charge >= 0.3 is 17.9 Å². The molecule has 53 heavy (non-hydrogen) atoms. The molecule has 3 heterocycles. The second kappa shape index (κ2) is 19.2. The van der Waals surface area contributed by atoms with Gasteiger partial charge in [-0.15, -0.1) is 0 Å². The van der Waals surface area contributed by atoms with Crippen molar-refractivity contribution in [3.05, 3.63) is 173 Å². The second-order valence-electron chi connectivity index (χ2n) is 11.3. The minimum absolute atomic E-state index is 0.331. The van der Waals surface area contributed by atoms with Crippen molar-refractivity contribution < 1.29 is 49.8 Å². The molecule has 0 spiro atoms. The summed E-state index contributed by atoms with van der Waals surface area (Å²) in [6.07, 6.45) is 0.376. The lowest BCUT2D eigenvalue weighted by Gasteiger charge is -2.18. The zero-order valence-corrected chi connectivity index (χ0v) is 28.0. The van der Waals surface area contributed by atoms with Gasteiger partial charge in [-0.1, -0.05) is 72.8 Å². The Balaban J connectivity index is 0.000000189. The number of pyridine rings is 2. The molecule has 1 saturated heterocycles. The Morgan fingerprint density at radius 3 is 1.55 bits per heavy atom. The lowest BCUT2D eigenvalue weighted by atomic mass is 10.0. The molecular weight excluding hydrogens is 684 g/mol. The van der Waals surface area contributed by atoms with Crippen LogP contribution in [0.3, 0.4) is 0 Å². The van der Waals surface area contributed by atoms with Gasteiger partial charge in [-0.05, 0) is 65.5 Å². The van der Waals surface area contributed by atoms with E-state index in [1.165, 1.54) is 10.8 Å². The molecule has 1 aliphatic heterocycles. The Kier molecular flexibility index (Phi) is 14.2. The van der Waals surface area contributed by atoms with E-state index in [9.17, 15) is 34.5 Å². The number of nitrogens with zero attached hydrogens (tertiary/aromatic N) is 2. The Hall–Kier alpha value is -6.51. The van der Waals surface area contributed by atoms with E-state index in [0.717, 1.165) is 16.5 Å². The van der Waals surface area contributed by atoms with Crippen LogP contribution in [0, 0.1) is 0 Å². The minimum Gasteiger partial charge on any atom is -0.478 e.